The molecule has 0 radical (unpaired) electrons. The molecule has 0 spiro atoms. The Morgan fingerprint density at radius 1 is 0.966 bits per heavy atom. The van der Waals surface area contributed by atoms with Crippen molar-refractivity contribution in [2.45, 2.75) is 26.7 Å². The minimum atomic E-state index is -0.478. The van der Waals surface area contributed by atoms with Crippen LogP contribution in [0, 0.1) is 0 Å². The fourth-order valence-electron chi connectivity index (χ4n) is 2.86. The third-order valence-corrected chi connectivity index (χ3v) is 4.33. The van der Waals surface area contributed by atoms with Gasteiger partial charge in [0.2, 0.25) is 5.91 Å². The zero-order valence-electron chi connectivity index (χ0n) is 16.5. The van der Waals surface area contributed by atoms with E-state index in [2.05, 4.69) is 17.8 Å². The van der Waals surface area contributed by atoms with Gasteiger partial charge in [0.05, 0.1) is 19.3 Å². The summed E-state index contributed by atoms with van der Waals surface area (Å²) in [7, 11) is 0. The van der Waals surface area contributed by atoms with Crippen LogP contribution in [0.1, 0.15) is 25.0 Å². The lowest BCUT2D eigenvalue weighted by Crippen LogP contribution is -2.44. The van der Waals surface area contributed by atoms with Crippen LogP contribution in [-0.2, 0) is 22.4 Å². The summed E-state index contributed by atoms with van der Waals surface area (Å²) in [5, 5.41) is 0.888. The summed E-state index contributed by atoms with van der Waals surface area (Å²) in [6, 6.07) is 13.0. The molecule has 0 atom stereocenters. The Kier molecular flexibility index (Phi) is 6.73. The standard InChI is InChI=1S/C22H24N2O5/c1-3-15-9-10-17-16(13-28-20(17)11-15)12-21(25)23-24-22(26)14-29-19-8-6-5-7-18(19)27-4-2/h5-11,13H,3-4,12,14H2,1-2H3,(H,23,25)(H,24,26). The average Bonchev–Trinajstić information content (AvgIpc) is 3.13. The Bertz CT molecular complexity index is 996. The lowest BCUT2D eigenvalue weighted by Gasteiger charge is -2.12. The van der Waals surface area contributed by atoms with E-state index < -0.39 is 5.91 Å². The summed E-state index contributed by atoms with van der Waals surface area (Å²) in [5.74, 6) is 0.196. The van der Waals surface area contributed by atoms with Gasteiger partial charge in [-0.1, -0.05) is 31.2 Å². The minimum Gasteiger partial charge on any atom is -0.490 e. The molecule has 7 nitrogen and oxygen atoms in total. The highest BCUT2D eigenvalue weighted by Crippen LogP contribution is 2.26. The first kappa shape index (κ1) is 20.3. The van der Waals surface area contributed by atoms with Gasteiger partial charge < -0.3 is 13.9 Å². The summed E-state index contributed by atoms with van der Waals surface area (Å²) in [6.45, 7) is 4.18. The van der Waals surface area contributed by atoms with Gasteiger partial charge in [-0.05, 0) is 37.1 Å². The van der Waals surface area contributed by atoms with Crippen molar-refractivity contribution in [3.05, 3.63) is 59.9 Å². The highest BCUT2D eigenvalue weighted by atomic mass is 16.5. The molecule has 0 unspecified atom stereocenters. The number of aryl methyl sites for hydroxylation is 1. The Labute approximate surface area is 169 Å². The second-order valence-corrected chi connectivity index (χ2v) is 6.39. The fourth-order valence-corrected chi connectivity index (χ4v) is 2.86. The zero-order valence-corrected chi connectivity index (χ0v) is 16.5. The third-order valence-electron chi connectivity index (χ3n) is 4.33. The van der Waals surface area contributed by atoms with Gasteiger partial charge in [0, 0.05) is 10.9 Å². The summed E-state index contributed by atoms with van der Waals surface area (Å²) in [6.07, 6.45) is 2.57. The van der Waals surface area contributed by atoms with E-state index in [1.54, 1.807) is 24.5 Å². The molecule has 29 heavy (non-hydrogen) atoms. The maximum absolute atomic E-state index is 12.2. The molecule has 0 aliphatic rings. The number of ether oxygens (including phenoxy) is 2. The maximum atomic E-state index is 12.2. The fraction of sp³-hybridized carbons (Fsp3) is 0.273. The smallest absolute Gasteiger partial charge is 0.276 e. The largest absolute Gasteiger partial charge is 0.490 e. The molecule has 0 bridgehead atoms. The van der Waals surface area contributed by atoms with E-state index in [1.807, 2.05) is 31.2 Å². The van der Waals surface area contributed by atoms with Crippen molar-refractivity contribution < 1.29 is 23.5 Å². The van der Waals surface area contributed by atoms with Crippen molar-refractivity contribution in [2.24, 2.45) is 0 Å². The first-order valence-electron chi connectivity index (χ1n) is 9.52. The van der Waals surface area contributed by atoms with Crippen LogP contribution in [0.5, 0.6) is 11.5 Å². The second kappa shape index (κ2) is 9.64. The highest BCUT2D eigenvalue weighted by Gasteiger charge is 2.12. The third kappa shape index (κ3) is 5.28. The van der Waals surface area contributed by atoms with E-state index in [-0.39, 0.29) is 18.9 Å². The molecule has 2 amide bonds. The quantitative estimate of drug-likeness (QED) is 0.571. The first-order valence-corrected chi connectivity index (χ1v) is 9.52. The van der Waals surface area contributed by atoms with Crippen molar-refractivity contribution >= 4 is 22.8 Å². The van der Waals surface area contributed by atoms with E-state index >= 15 is 0 Å². The van der Waals surface area contributed by atoms with Gasteiger partial charge in [0.25, 0.3) is 5.91 Å². The van der Waals surface area contributed by atoms with E-state index in [0.29, 0.717) is 18.1 Å². The molecular weight excluding hydrogens is 372 g/mol. The predicted octanol–water partition coefficient (Wildman–Crippen LogP) is 3.16. The van der Waals surface area contributed by atoms with Gasteiger partial charge in [0.1, 0.15) is 5.58 Å². The van der Waals surface area contributed by atoms with Crippen LogP contribution in [-0.4, -0.2) is 25.0 Å². The molecule has 2 N–H and O–H groups in total. The normalized spacial score (nSPS) is 10.6. The van der Waals surface area contributed by atoms with Crippen LogP contribution in [0.3, 0.4) is 0 Å². The molecule has 3 aromatic rings. The maximum Gasteiger partial charge on any atom is 0.276 e. The minimum absolute atomic E-state index is 0.0901. The van der Waals surface area contributed by atoms with Crippen LogP contribution in [0.15, 0.2) is 53.1 Å². The number of fused-ring (bicyclic) bond motifs is 1. The molecule has 0 saturated heterocycles. The molecule has 1 heterocycles. The van der Waals surface area contributed by atoms with Crippen molar-refractivity contribution in [1.82, 2.24) is 10.9 Å². The van der Waals surface area contributed by atoms with E-state index in [9.17, 15) is 9.59 Å². The summed E-state index contributed by atoms with van der Waals surface area (Å²) >= 11 is 0. The Morgan fingerprint density at radius 2 is 1.69 bits per heavy atom. The number of carbonyl (C=O) groups is 2. The number of rotatable bonds is 8. The molecule has 1 aromatic heterocycles. The summed E-state index contributed by atoms with van der Waals surface area (Å²) in [5.41, 5.74) is 7.42. The molecule has 0 aliphatic carbocycles. The average molecular weight is 396 g/mol. The number of hydrazine groups is 1. The van der Waals surface area contributed by atoms with Gasteiger partial charge in [0.15, 0.2) is 18.1 Å². The first-order chi connectivity index (χ1) is 14.1. The van der Waals surface area contributed by atoms with Crippen molar-refractivity contribution in [1.29, 1.82) is 0 Å². The number of amides is 2. The van der Waals surface area contributed by atoms with Gasteiger partial charge in [-0.25, -0.2) is 0 Å². The van der Waals surface area contributed by atoms with E-state index in [1.165, 1.54) is 5.56 Å². The highest BCUT2D eigenvalue weighted by molar-refractivity contribution is 5.89. The second-order valence-electron chi connectivity index (χ2n) is 6.39. The summed E-state index contributed by atoms with van der Waals surface area (Å²) in [4.78, 5) is 24.1. The number of nitrogens with one attached hydrogen (secondary N) is 2. The molecule has 3 rings (SSSR count). The number of hydrogen-bond donors (Lipinski definition) is 2. The topological polar surface area (TPSA) is 89.8 Å². The van der Waals surface area contributed by atoms with Crippen LogP contribution in [0.2, 0.25) is 0 Å². The molecule has 0 fully saturated rings. The molecule has 152 valence electrons. The Morgan fingerprint density at radius 3 is 2.41 bits per heavy atom. The van der Waals surface area contributed by atoms with Crippen molar-refractivity contribution in [3.8, 4) is 11.5 Å². The Balaban J connectivity index is 1.49. The number of benzene rings is 2. The van der Waals surface area contributed by atoms with Gasteiger partial charge >= 0.3 is 0 Å². The van der Waals surface area contributed by atoms with Gasteiger partial charge in [-0.2, -0.15) is 0 Å². The lowest BCUT2D eigenvalue weighted by atomic mass is 10.1. The zero-order chi connectivity index (χ0) is 20.6. The predicted molar refractivity (Wildman–Crippen MR) is 109 cm³/mol. The van der Waals surface area contributed by atoms with Crippen molar-refractivity contribution in [2.75, 3.05) is 13.2 Å². The summed E-state index contributed by atoms with van der Waals surface area (Å²) < 4.78 is 16.4. The molecular formula is C22H24N2O5. The Hall–Kier alpha value is -3.48. The number of carbonyl (C=O) groups excluding carboxylic acids is 2. The van der Waals surface area contributed by atoms with Crippen molar-refractivity contribution in [3.63, 3.8) is 0 Å². The SMILES string of the molecule is CCOc1ccccc1OCC(=O)NNC(=O)Cc1coc2cc(CC)ccc12. The lowest BCUT2D eigenvalue weighted by molar-refractivity contribution is -0.129. The van der Waals surface area contributed by atoms with Crippen LogP contribution in [0.4, 0.5) is 0 Å². The molecule has 7 heteroatoms. The number of furan rings is 1. The van der Waals surface area contributed by atoms with Crippen LogP contribution >= 0.6 is 0 Å². The number of hydrogen-bond acceptors (Lipinski definition) is 5. The molecule has 0 aliphatic heterocycles. The van der Waals surface area contributed by atoms with E-state index in [4.69, 9.17) is 13.9 Å². The van der Waals surface area contributed by atoms with Crippen LogP contribution in [0.25, 0.3) is 11.0 Å². The van der Waals surface area contributed by atoms with Crippen LogP contribution < -0.4 is 20.3 Å². The van der Waals surface area contributed by atoms with Gasteiger partial charge in [-0.3, -0.25) is 20.4 Å². The van der Waals surface area contributed by atoms with E-state index in [0.717, 1.165) is 23.0 Å². The van der Waals surface area contributed by atoms with Gasteiger partial charge in [-0.15, -0.1) is 0 Å². The molecule has 2 aromatic carbocycles. The molecule has 0 saturated carbocycles. The monoisotopic (exact) mass is 396 g/mol. The number of para-hydroxylation sites is 2.